The average molecular weight is 317 g/mol. The number of hydrogen-bond acceptors (Lipinski definition) is 6. The summed E-state index contributed by atoms with van der Waals surface area (Å²) >= 11 is 0. The Morgan fingerprint density at radius 1 is 1.20 bits per heavy atom. The van der Waals surface area contributed by atoms with Gasteiger partial charge in [-0.15, -0.1) is 0 Å². The third-order valence-electron chi connectivity index (χ3n) is 2.73. The molecule has 114 valence electrons. The van der Waals surface area contributed by atoms with Gasteiger partial charge in [0.25, 0.3) is 0 Å². The highest BCUT2D eigenvalue weighted by Gasteiger charge is 2.17. The van der Waals surface area contributed by atoms with E-state index in [0.29, 0.717) is 23.7 Å². The molecule has 1 rings (SSSR count). The minimum atomic E-state index is -0.151. The van der Waals surface area contributed by atoms with E-state index >= 15 is 0 Å². The van der Waals surface area contributed by atoms with Gasteiger partial charge in [0.15, 0.2) is 0 Å². The van der Waals surface area contributed by atoms with Crippen LogP contribution in [0.1, 0.15) is 38.1 Å². The summed E-state index contributed by atoms with van der Waals surface area (Å²) in [6, 6.07) is 3.42. The lowest BCUT2D eigenvalue weighted by Gasteiger charge is -2.22. The van der Waals surface area contributed by atoms with E-state index in [1.54, 1.807) is 22.9 Å². The lowest BCUT2D eigenvalue weighted by molar-refractivity contribution is 0.260. The van der Waals surface area contributed by atoms with E-state index in [1.165, 1.54) is 0 Å². The van der Waals surface area contributed by atoms with Crippen LogP contribution in [0.3, 0.4) is 0 Å². The number of hydrogen-bond donors (Lipinski definition) is 2. The van der Waals surface area contributed by atoms with Crippen molar-refractivity contribution in [3.05, 3.63) is 23.5 Å². The number of aliphatic hydroxyl groups is 2. The standard InChI is InChI=1S/C14H23NO3S2/c1-14(2,20-19-3)5-4-6-18-13-7-11(9-16)15-12(8-13)10-17/h7-8,16-17H,4-6,9-10H2,1-3H3. The maximum Gasteiger partial charge on any atom is 0.123 e. The van der Waals surface area contributed by atoms with Crippen molar-refractivity contribution in [2.75, 3.05) is 12.9 Å². The van der Waals surface area contributed by atoms with Gasteiger partial charge in [-0.1, -0.05) is 21.6 Å². The summed E-state index contributed by atoms with van der Waals surface area (Å²) in [7, 11) is 3.66. The van der Waals surface area contributed by atoms with Crippen molar-refractivity contribution in [3.63, 3.8) is 0 Å². The van der Waals surface area contributed by atoms with E-state index in [2.05, 4.69) is 25.1 Å². The molecule has 0 unspecified atom stereocenters. The second kappa shape index (κ2) is 8.77. The Morgan fingerprint density at radius 2 is 1.80 bits per heavy atom. The normalized spacial score (nSPS) is 11.7. The summed E-state index contributed by atoms with van der Waals surface area (Å²) in [5, 5.41) is 18.2. The lowest BCUT2D eigenvalue weighted by atomic mass is 10.1. The number of aromatic nitrogens is 1. The van der Waals surface area contributed by atoms with Crippen LogP contribution < -0.4 is 4.74 Å². The number of pyridine rings is 1. The van der Waals surface area contributed by atoms with Crippen LogP contribution in [-0.2, 0) is 13.2 Å². The molecule has 20 heavy (non-hydrogen) atoms. The maximum atomic E-state index is 9.11. The third kappa shape index (κ3) is 6.35. The van der Waals surface area contributed by atoms with Crippen LogP contribution in [0, 0.1) is 0 Å². The van der Waals surface area contributed by atoms with E-state index in [9.17, 15) is 0 Å². The minimum Gasteiger partial charge on any atom is -0.493 e. The van der Waals surface area contributed by atoms with Gasteiger partial charge in [0.1, 0.15) is 5.75 Å². The smallest absolute Gasteiger partial charge is 0.123 e. The Labute approximate surface area is 128 Å². The Balaban J connectivity index is 2.45. The molecule has 1 aromatic rings. The number of aliphatic hydroxyl groups excluding tert-OH is 2. The molecular weight excluding hydrogens is 294 g/mol. The van der Waals surface area contributed by atoms with E-state index in [0.717, 1.165) is 12.8 Å². The molecular formula is C14H23NO3S2. The van der Waals surface area contributed by atoms with E-state index in [1.807, 2.05) is 10.8 Å². The Bertz CT molecular complexity index is 391. The second-order valence-corrected chi connectivity index (χ2v) is 8.17. The van der Waals surface area contributed by atoms with Crippen LogP contribution in [0.25, 0.3) is 0 Å². The predicted molar refractivity (Wildman–Crippen MR) is 86.0 cm³/mol. The van der Waals surface area contributed by atoms with Crippen molar-refractivity contribution in [2.45, 2.75) is 44.6 Å². The zero-order chi connectivity index (χ0) is 15.0. The molecule has 4 nitrogen and oxygen atoms in total. The molecule has 0 aliphatic heterocycles. The Morgan fingerprint density at radius 3 is 2.30 bits per heavy atom. The molecule has 6 heteroatoms. The molecule has 0 bridgehead atoms. The highest BCUT2D eigenvalue weighted by Crippen LogP contribution is 2.36. The quantitative estimate of drug-likeness (QED) is 0.539. The Hall–Kier alpha value is -0.430. The Kier molecular flexibility index (Phi) is 7.72. The molecule has 0 aromatic carbocycles. The van der Waals surface area contributed by atoms with Gasteiger partial charge in [-0.2, -0.15) is 0 Å². The van der Waals surface area contributed by atoms with Gasteiger partial charge in [0.05, 0.1) is 31.2 Å². The van der Waals surface area contributed by atoms with Crippen molar-refractivity contribution in [1.29, 1.82) is 0 Å². The third-order valence-corrected chi connectivity index (χ3v) is 5.41. The molecule has 0 atom stereocenters. The van der Waals surface area contributed by atoms with Gasteiger partial charge < -0.3 is 14.9 Å². The van der Waals surface area contributed by atoms with Gasteiger partial charge in [-0.3, -0.25) is 4.98 Å². The monoisotopic (exact) mass is 317 g/mol. The van der Waals surface area contributed by atoms with Crippen LogP contribution in [-0.4, -0.2) is 32.8 Å². The lowest BCUT2D eigenvalue weighted by Crippen LogP contribution is -2.14. The average Bonchev–Trinajstić information content (AvgIpc) is 2.43. The van der Waals surface area contributed by atoms with Crippen LogP contribution in [0.5, 0.6) is 5.75 Å². The predicted octanol–water partition coefficient (Wildman–Crippen LogP) is 3.02. The fraction of sp³-hybridized carbons (Fsp3) is 0.643. The van der Waals surface area contributed by atoms with Crippen LogP contribution >= 0.6 is 21.6 Å². The molecule has 0 saturated carbocycles. The largest absolute Gasteiger partial charge is 0.493 e. The van der Waals surface area contributed by atoms with Gasteiger partial charge in [0, 0.05) is 16.9 Å². The molecule has 1 heterocycles. The number of ether oxygens (including phenoxy) is 1. The summed E-state index contributed by atoms with van der Waals surface area (Å²) in [6.45, 7) is 4.78. The molecule has 0 amide bonds. The number of nitrogens with zero attached hydrogens (tertiary/aromatic N) is 1. The maximum absolute atomic E-state index is 9.11. The molecule has 0 saturated heterocycles. The highest BCUT2D eigenvalue weighted by molar-refractivity contribution is 8.76. The van der Waals surface area contributed by atoms with E-state index in [4.69, 9.17) is 14.9 Å². The molecule has 0 radical (unpaired) electrons. The fourth-order valence-electron chi connectivity index (χ4n) is 1.82. The first-order valence-corrected chi connectivity index (χ1v) is 9.12. The summed E-state index contributed by atoms with van der Waals surface area (Å²) in [4.78, 5) is 4.08. The summed E-state index contributed by atoms with van der Waals surface area (Å²) < 4.78 is 5.93. The zero-order valence-electron chi connectivity index (χ0n) is 12.3. The SMILES string of the molecule is CSSC(C)(C)CCCOc1cc(CO)nc(CO)c1. The minimum absolute atomic E-state index is 0.151. The highest BCUT2D eigenvalue weighted by atomic mass is 33.1. The van der Waals surface area contributed by atoms with Crippen LogP contribution in [0.15, 0.2) is 12.1 Å². The summed E-state index contributed by atoms with van der Waals surface area (Å²) in [5.41, 5.74) is 1.04. The summed E-state index contributed by atoms with van der Waals surface area (Å²) in [5.74, 6) is 0.656. The molecule has 0 fully saturated rings. The summed E-state index contributed by atoms with van der Waals surface area (Å²) in [6.07, 6.45) is 4.13. The van der Waals surface area contributed by atoms with Crippen LogP contribution in [0.2, 0.25) is 0 Å². The fourth-order valence-corrected chi connectivity index (χ4v) is 4.10. The van der Waals surface area contributed by atoms with Crippen molar-refractivity contribution in [3.8, 4) is 5.75 Å². The van der Waals surface area contributed by atoms with E-state index < -0.39 is 0 Å². The van der Waals surface area contributed by atoms with Gasteiger partial charge in [0.2, 0.25) is 0 Å². The second-order valence-electron chi connectivity index (χ2n) is 5.06. The molecule has 2 N–H and O–H groups in total. The van der Waals surface area contributed by atoms with Crippen LogP contribution in [0.4, 0.5) is 0 Å². The van der Waals surface area contributed by atoms with Crippen molar-refractivity contribution in [2.24, 2.45) is 0 Å². The molecule has 0 aliphatic rings. The van der Waals surface area contributed by atoms with Gasteiger partial charge >= 0.3 is 0 Å². The van der Waals surface area contributed by atoms with Gasteiger partial charge in [-0.25, -0.2) is 0 Å². The van der Waals surface area contributed by atoms with Crippen molar-refractivity contribution >= 4 is 21.6 Å². The molecule has 1 aromatic heterocycles. The number of rotatable bonds is 9. The molecule has 0 spiro atoms. The first-order chi connectivity index (χ1) is 9.50. The van der Waals surface area contributed by atoms with Gasteiger partial charge in [-0.05, 0) is 32.9 Å². The van der Waals surface area contributed by atoms with Crippen molar-refractivity contribution < 1.29 is 14.9 Å². The molecule has 0 aliphatic carbocycles. The zero-order valence-corrected chi connectivity index (χ0v) is 13.9. The van der Waals surface area contributed by atoms with E-state index in [-0.39, 0.29) is 18.0 Å². The van der Waals surface area contributed by atoms with Crippen molar-refractivity contribution in [1.82, 2.24) is 4.98 Å². The first kappa shape index (κ1) is 17.6. The first-order valence-electron chi connectivity index (χ1n) is 6.57. The topological polar surface area (TPSA) is 62.6 Å².